The molecule has 2 heterocycles. The Morgan fingerprint density at radius 1 is 1.09 bits per heavy atom. The third-order valence-electron chi connectivity index (χ3n) is 5.94. The fourth-order valence-electron chi connectivity index (χ4n) is 4.26. The molecule has 0 fully saturated rings. The highest BCUT2D eigenvalue weighted by Gasteiger charge is 2.55. The molecule has 0 saturated heterocycles. The molecule has 3 aromatic rings. The van der Waals surface area contributed by atoms with Crippen LogP contribution in [-0.4, -0.2) is 35.7 Å². The molecule has 2 atom stereocenters. The molecule has 6 nitrogen and oxygen atoms in total. The quantitative estimate of drug-likeness (QED) is 0.476. The number of nitrogens with zero attached hydrogens (tertiary/aromatic N) is 1. The van der Waals surface area contributed by atoms with Crippen LogP contribution in [-0.2, 0) is 16.0 Å². The smallest absolute Gasteiger partial charge is 0.257 e. The minimum absolute atomic E-state index is 0.0897. The van der Waals surface area contributed by atoms with Gasteiger partial charge in [-0.15, -0.1) is 0 Å². The maximum absolute atomic E-state index is 13.5. The van der Waals surface area contributed by atoms with Crippen LogP contribution in [0.3, 0.4) is 0 Å². The van der Waals surface area contributed by atoms with Crippen molar-refractivity contribution in [3.8, 4) is 5.75 Å². The van der Waals surface area contributed by atoms with Crippen molar-refractivity contribution in [2.75, 3.05) is 18.5 Å². The molecule has 2 aliphatic heterocycles. The summed E-state index contributed by atoms with van der Waals surface area (Å²) in [4.78, 5) is 18.4. The highest BCUT2D eigenvalue weighted by atomic mass is 79.9. The number of aliphatic imine (C=N–C) groups is 1. The van der Waals surface area contributed by atoms with Crippen LogP contribution in [0.25, 0.3) is 0 Å². The molecule has 3 aromatic carbocycles. The van der Waals surface area contributed by atoms with Crippen LogP contribution in [0.2, 0.25) is 0 Å². The molecule has 0 radical (unpaired) electrons. The van der Waals surface area contributed by atoms with Gasteiger partial charge in [0, 0.05) is 40.7 Å². The number of halogens is 1. The van der Waals surface area contributed by atoms with Gasteiger partial charge in [-0.2, -0.15) is 0 Å². The topological polar surface area (TPSA) is 80.2 Å². The summed E-state index contributed by atoms with van der Waals surface area (Å²) >= 11 is 3.63. The number of aliphatic hydroxyl groups excluding tert-OH is 1. The van der Waals surface area contributed by atoms with Gasteiger partial charge < -0.3 is 19.9 Å². The number of carbonyl (C=O) groups excluding carboxylic acids is 1. The summed E-state index contributed by atoms with van der Waals surface area (Å²) in [6.07, 6.45) is 0.425. The van der Waals surface area contributed by atoms with Gasteiger partial charge in [0.05, 0.1) is 6.61 Å². The van der Waals surface area contributed by atoms with Gasteiger partial charge in [0.25, 0.3) is 5.91 Å². The first-order valence-electron chi connectivity index (χ1n) is 10.8. The minimum Gasteiger partial charge on any atom is -0.494 e. The predicted molar refractivity (Wildman–Crippen MR) is 130 cm³/mol. The molecule has 0 bridgehead atoms. The van der Waals surface area contributed by atoms with E-state index in [0.717, 1.165) is 26.9 Å². The normalized spacial score (nSPS) is 21.2. The number of anilines is 1. The van der Waals surface area contributed by atoms with E-state index in [2.05, 4.69) is 21.2 Å². The zero-order chi connectivity index (χ0) is 22.8. The third kappa shape index (κ3) is 4.03. The number of para-hydroxylation sites is 1. The second kappa shape index (κ2) is 9.00. The standard InChI is InChI=1S/C26H23BrN2O4/c27-21-8-3-2-7-20(21)23-26(16-18-6-1-4-9-22(18)28-25(26)31)29-24(33-23)17-10-12-19(13-11-17)32-15-5-14-30/h1-4,6-13,23,30H,5,14-16H2,(H,28,31)/t23-,26-/m0/s1. The lowest BCUT2D eigenvalue weighted by molar-refractivity contribution is -0.124. The molecular weight excluding hydrogens is 484 g/mol. The van der Waals surface area contributed by atoms with Crippen molar-refractivity contribution < 1.29 is 19.4 Å². The van der Waals surface area contributed by atoms with E-state index in [1.807, 2.05) is 72.8 Å². The molecule has 5 rings (SSSR count). The fraction of sp³-hybridized carbons (Fsp3) is 0.231. The Bertz CT molecular complexity index is 1210. The highest BCUT2D eigenvalue weighted by Crippen LogP contribution is 2.47. The molecule has 0 saturated carbocycles. The molecule has 33 heavy (non-hydrogen) atoms. The number of hydrogen-bond donors (Lipinski definition) is 2. The molecule has 1 spiro atoms. The van der Waals surface area contributed by atoms with Crippen molar-refractivity contribution in [1.82, 2.24) is 0 Å². The number of fused-ring (bicyclic) bond motifs is 1. The molecule has 7 heteroatoms. The zero-order valence-electron chi connectivity index (χ0n) is 17.8. The molecule has 2 N–H and O–H groups in total. The number of hydrogen-bond acceptors (Lipinski definition) is 5. The Labute approximate surface area is 200 Å². The van der Waals surface area contributed by atoms with E-state index >= 15 is 0 Å². The maximum Gasteiger partial charge on any atom is 0.257 e. The van der Waals surface area contributed by atoms with Crippen molar-refractivity contribution >= 4 is 33.4 Å². The number of carbonyl (C=O) groups is 1. The van der Waals surface area contributed by atoms with Crippen molar-refractivity contribution in [2.24, 2.45) is 4.99 Å². The van der Waals surface area contributed by atoms with Crippen molar-refractivity contribution in [1.29, 1.82) is 0 Å². The summed E-state index contributed by atoms with van der Waals surface area (Å²) in [5.41, 5.74) is 2.35. The molecule has 168 valence electrons. The average molecular weight is 507 g/mol. The highest BCUT2D eigenvalue weighted by molar-refractivity contribution is 9.10. The minimum atomic E-state index is -1.12. The zero-order valence-corrected chi connectivity index (χ0v) is 19.4. The molecule has 2 aliphatic rings. The van der Waals surface area contributed by atoms with Gasteiger partial charge in [-0.05, 0) is 42.0 Å². The molecule has 0 aromatic heterocycles. The van der Waals surface area contributed by atoms with E-state index in [1.54, 1.807) is 0 Å². The molecule has 0 unspecified atom stereocenters. The summed E-state index contributed by atoms with van der Waals surface area (Å²) in [6.45, 7) is 0.534. The van der Waals surface area contributed by atoms with Crippen LogP contribution in [0.5, 0.6) is 5.75 Å². The van der Waals surface area contributed by atoms with Crippen molar-refractivity contribution in [3.63, 3.8) is 0 Å². The van der Waals surface area contributed by atoms with E-state index in [0.29, 0.717) is 31.1 Å². The number of amides is 1. The van der Waals surface area contributed by atoms with Crippen LogP contribution in [0.15, 0.2) is 82.3 Å². The van der Waals surface area contributed by atoms with Crippen LogP contribution in [0.1, 0.15) is 29.2 Å². The molecular formula is C26H23BrN2O4. The van der Waals surface area contributed by atoms with Gasteiger partial charge in [0.1, 0.15) is 5.75 Å². The van der Waals surface area contributed by atoms with Crippen LogP contribution < -0.4 is 10.1 Å². The van der Waals surface area contributed by atoms with E-state index in [1.165, 1.54) is 0 Å². The summed E-state index contributed by atoms with van der Waals surface area (Å²) in [6, 6.07) is 23.0. The van der Waals surface area contributed by atoms with Gasteiger partial charge in [-0.25, -0.2) is 4.99 Å². The van der Waals surface area contributed by atoms with E-state index in [4.69, 9.17) is 19.6 Å². The fourth-order valence-corrected chi connectivity index (χ4v) is 4.76. The Hall–Kier alpha value is -3.16. The first kappa shape index (κ1) is 21.7. The van der Waals surface area contributed by atoms with Crippen LogP contribution in [0, 0.1) is 0 Å². The lowest BCUT2D eigenvalue weighted by atomic mass is 9.79. The number of rotatable bonds is 6. The maximum atomic E-state index is 13.5. The monoisotopic (exact) mass is 506 g/mol. The van der Waals surface area contributed by atoms with Crippen LogP contribution >= 0.6 is 15.9 Å². The second-order valence-corrected chi connectivity index (χ2v) is 8.95. The Morgan fingerprint density at radius 3 is 2.64 bits per heavy atom. The summed E-state index contributed by atoms with van der Waals surface area (Å²) in [7, 11) is 0. The molecule has 0 aliphatic carbocycles. The summed E-state index contributed by atoms with van der Waals surface area (Å²) in [5, 5.41) is 12.0. The SMILES string of the molecule is O=C1Nc2ccccc2C[C@@]12N=C(c1ccc(OCCCO)cc1)O[C@H]2c1ccccc1Br. The summed E-state index contributed by atoms with van der Waals surface area (Å²) < 4.78 is 12.9. The van der Waals surface area contributed by atoms with Crippen molar-refractivity contribution in [3.05, 3.63) is 94.0 Å². The van der Waals surface area contributed by atoms with E-state index in [9.17, 15) is 4.79 Å². The Kier molecular flexibility index (Phi) is 5.91. The van der Waals surface area contributed by atoms with Gasteiger partial charge in [-0.1, -0.05) is 52.3 Å². The largest absolute Gasteiger partial charge is 0.494 e. The molecule has 1 amide bonds. The van der Waals surface area contributed by atoms with Gasteiger partial charge in [-0.3, -0.25) is 4.79 Å². The first-order valence-corrected chi connectivity index (χ1v) is 11.6. The average Bonchev–Trinajstić information content (AvgIpc) is 3.20. The lowest BCUT2D eigenvalue weighted by Crippen LogP contribution is -2.49. The number of ether oxygens (including phenoxy) is 2. The van der Waals surface area contributed by atoms with Gasteiger partial charge in [0.2, 0.25) is 5.90 Å². The number of aliphatic hydroxyl groups is 1. The number of benzene rings is 3. The van der Waals surface area contributed by atoms with Gasteiger partial charge in [0.15, 0.2) is 11.6 Å². The Morgan fingerprint density at radius 2 is 1.85 bits per heavy atom. The van der Waals surface area contributed by atoms with E-state index in [-0.39, 0.29) is 12.5 Å². The number of nitrogens with one attached hydrogen (secondary N) is 1. The van der Waals surface area contributed by atoms with Crippen LogP contribution in [0.4, 0.5) is 5.69 Å². The second-order valence-electron chi connectivity index (χ2n) is 8.10. The van der Waals surface area contributed by atoms with E-state index < -0.39 is 11.6 Å². The van der Waals surface area contributed by atoms with Crippen molar-refractivity contribution in [2.45, 2.75) is 24.5 Å². The summed E-state index contributed by atoms with van der Waals surface area (Å²) in [5.74, 6) is 0.945. The third-order valence-corrected chi connectivity index (χ3v) is 6.67. The Balaban J connectivity index is 1.53. The predicted octanol–water partition coefficient (Wildman–Crippen LogP) is 4.66. The van der Waals surface area contributed by atoms with Gasteiger partial charge >= 0.3 is 0 Å². The first-order chi connectivity index (χ1) is 16.1. The lowest BCUT2D eigenvalue weighted by Gasteiger charge is -2.35.